The van der Waals surface area contributed by atoms with Crippen LogP contribution in [0.5, 0.6) is 0 Å². The third kappa shape index (κ3) is 3.78. The summed E-state index contributed by atoms with van der Waals surface area (Å²) in [5.74, 6) is 0.0429. The van der Waals surface area contributed by atoms with Gasteiger partial charge in [0, 0.05) is 34.3 Å². The molecule has 0 spiro atoms. The van der Waals surface area contributed by atoms with Gasteiger partial charge in [-0.2, -0.15) is 0 Å². The number of nitrogens with zero attached hydrogens (tertiary/aromatic N) is 1. The average Bonchev–Trinajstić information content (AvgIpc) is 2.98. The van der Waals surface area contributed by atoms with Crippen molar-refractivity contribution in [3.8, 4) is 11.4 Å². The number of rotatable bonds is 5. The molecule has 0 fully saturated rings. The highest BCUT2D eigenvalue weighted by atomic mass is 16.2. The SMILES string of the molecule is CCc1c(C(=O)Nc2cccc(-c3nc(C)cc(=O)[nH]3)c2)[nH]c(C)c1C(C)=O. The Labute approximate surface area is 162 Å². The van der Waals surface area contributed by atoms with Gasteiger partial charge >= 0.3 is 0 Å². The number of hydrogen-bond acceptors (Lipinski definition) is 4. The number of aromatic amines is 2. The van der Waals surface area contributed by atoms with Gasteiger partial charge in [-0.05, 0) is 44.9 Å². The number of H-pyrrole nitrogens is 2. The van der Waals surface area contributed by atoms with E-state index in [-0.39, 0.29) is 17.2 Å². The van der Waals surface area contributed by atoms with E-state index in [0.29, 0.717) is 51.7 Å². The molecular formula is C21H22N4O3. The molecule has 0 aliphatic heterocycles. The van der Waals surface area contributed by atoms with E-state index in [4.69, 9.17) is 0 Å². The van der Waals surface area contributed by atoms with Crippen LogP contribution in [0.15, 0.2) is 35.1 Å². The fourth-order valence-electron chi connectivity index (χ4n) is 3.35. The molecule has 3 rings (SSSR count). The Morgan fingerprint density at radius 1 is 1.14 bits per heavy atom. The Morgan fingerprint density at radius 3 is 2.54 bits per heavy atom. The van der Waals surface area contributed by atoms with E-state index < -0.39 is 0 Å². The number of ketones is 1. The third-order valence-electron chi connectivity index (χ3n) is 4.49. The molecule has 3 aromatic rings. The summed E-state index contributed by atoms with van der Waals surface area (Å²) in [7, 11) is 0. The zero-order valence-corrected chi connectivity index (χ0v) is 16.3. The number of benzene rings is 1. The summed E-state index contributed by atoms with van der Waals surface area (Å²) in [6.07, 6.45) is 0.566. The van der Waals surface area contributed by atoms with E-state index in [9.17, 15) is 14.4 Å². The van der Waals surface area contributed by atoms with Gasteiger partial charge < -0.3 is 15.3 Å². The van der Waals surface area contributed by atoms with Gasteiger partial charge in [0.2, 0.25) is 0 Å². The molecule has 0 aliphatic rings. The van der Waals surface area contributed by atoms with Gasteiger partial charge in [0.05, 0.1) is 0 Å². The second kappa shape index (κ2) is 7.64. The monoisotopic (exact) mass is 378 g/mol. The van der Waals surface area contributed by atoms with Gasteiger partial charge in [0.1, 0.15) is 11.5 Å². The third-order valence-corrected chi connectivity index (χ3v) is 4.49. The molecule has 28 heavy (non-hydrogen) atoms. The van der Waals surface area contributed by atoms with E-state index in [1.165, 1.54) is 13.0 Å². The lowest BCUT2D eigenvalue weighted by Crippen LogP contribution is -2.15. The largest absolute Gasteiger partial charge is 0.354 e. The van der Waals surface area contributed by atoms with Crippen LogP contribution < -0.4 is 10.9 Å². The highest BCUT2D eigenvalue weighted by Gasteiger charge is 2.21. The molecule has 0 aliphatic carbocycles. The van der Waals surface area contributed by atoms with Crippen molar-refractivity contribution in [2.75, 3.05) is 5.32 Å². The lowest BCUT2D eigenvalue weighted by atomic mass is 10.0. The molecule has 2 heterocycles. The molecule has 1 aromatic carbocycles. The number of nitrogens with one attached hydrogen (secondary N) is 3. The summed E-state index contributed by atoms with van der Waals surface area (Å²) in [5.41, 5.74) is 3.98. The number of aryl methyl sites for hydroxylation is 2. The van der Waals surface area contributed by atoms with Gasteiger partial charge in [-0.3, -0.25) is 14.4 Å². The molecule has 2 aromatic heterocycles. The van der Waals surface area contributed by atoms with E-state index in [0.717, 1.165) is 0 Å². The van der Waals surface area contributed by atoms with Gasteiger partial charge in [0.25, 0.3) is 11.5 Å². The van der Waals surface area contributed by atoms with Crippen LogP contribution in [-0.4, -0.2) is 26.6 Å². The van der Waals surface area contributed by atoms with E-state index in [1.54, 1.807) is 38.1 Å². The fraction of sp³-hybridized carbons (Fsp3) is 0.238. The van der Waals surface area contributed by atoms with E-state index in [1.807, 2.05) is 6.92 Å². The first-order chi connectivity index (χ1) is 13.3. The lowest BCUT2D eigenvalue weighted by Gasteiger charge is -2.08. The molecular weight excluding hydrogens is 356 g/mol. The fourth-order valence-corrected chi connectivity index (χ4v) is 3.35. The van der Waals surface area contributed by atoms with Crippen LogP contribution in [0.4, 0.5) is 5.69 Å². The summed E-state index contributed by atoms with van der Waals surface area (Å²) in [4.78, 5) is 46.5. The molecule has 0 atom stereocenters. The van der Waals surface area contributed by atoms with Crippen LogP contribution in [0.25, 0.3) is 11.4 Å². The number of anilines is 1. The first-order valence-corrected chi connectivity index (χ1v) is 9.02. The predicted molar refractivity (Wildman–Crippen MR) is 108 cm³/mol. The zero-order chi connectivity index (χ0) is 20.4. The van der Waals surface area contributed by atoms with Crippen molar-refractivity contribution in [3.05, 3.63) is 68.9 Å². The molecule has 144 valence electrons. The average molecular weight is 378 g/mol. The summed E-state index contributed by atoms with van der Waals surface area (Å²) < 4.78 is 0. The lowest BCUT2D eigenvalue weighted by molar-refractivity contribution is 0.101. The normalized spacial score (nSPS) is 10.7. The van der Waals surface area contributed by atoms with Crippen molar-refractivity contribution >= 4 is 17.4 Å². The Morgan fingerprint density at radius 2 is 1.89 bits per heavy atom. The molecule has 0 saturated heterocycles. The Kier molecular flexibility index (Phi) is 5.26. The van der Waals surface area contributed by atoms with Gasteiger partial charge in [0.15, 0.2) is 5.78 Å². The molecule has 3 N–H and O–H groups in total. The van der Waals surface area contributed by atoms with Crippen LogP contribution in [-0.2, 0) is 6.42 Å². The predicted octanol–water partition coefficient (Wildman–Crippen LogP) is 3.40. The van der Waals surface area contributed by atoms with Gasteiger partial charge in [-0.25, -0.2) is 4.98 Å². The molecule has 7 nitrogen and oxygen atoms in total. The summed E-state index contributed by atoms with van der Waals surface area (Å²) in [6, 6.07) is 8.49. The second-order valence-corrected chi connectivity index (χ2v) is 6.66. The van der Waals surface area contributed by atoms with Crippen LogP contribution in [0.3, 0.4) is 0 Å². The van der Waals surface area contributed by atoms with Crippen molar-refractivity contribution in [2.45, 2.75) is 34.1 Å². The highest BCUT2D eigenvalue weighted by Crippen LogP contribution is 2.23. The molecule has 0 radical (unpaired) electrons. The van der Waals surface area contributed by atoms with Crippen LogP contribution in [0, 0.1) is 13.8 Å². The molecule has 7 heteroatoms. The zero-order valence-electron chi connectivity index (χ0n) is 16.3. The standard InChI is InChI=1S/C21H22N4O3/c1-5-16-18(13(4)26)12(3)23-19(16)21(28)24-15-8-6-7-14(10-15)20-22-11(2)9-17(27)25-20/h6-10,23H,5H2,1-4H3,(H,24,28)(H,22,25,27). The van der Waals surface area contributed by atoms with Crippen LogP contribution in [0.2, 0.25) is 0 Å². The number of amides is 1. The maximum Gasteiger partial charge on any atom is 0.272 e. The summed E-state index contributed by atoms with van der Waals surface area (Å²) >= 11 is 0. The number of hydrogen-bond donors (Lipinski definition) is 3. The van der Waals surface area contributed by atoms with E-state index in [2.05, 4.69) is 20.3 Å². The first kappa shape index (κ1) is 19.3. The highest BCUT2D eigenvalue weighted by molar-refractivity contribution is 6.07. The Balaban J connectivity index is 1.93. The van der Waals surface area contributed by atoms with Gasteiger partial charge in [-0.15, -0.1) is 0 Å². The van der Waals surface area contributed by atoms with Crippen LogP contribution in [0.1, 0.15) is 51.6 Å². The van der Waals surface area contributed by atoms with Crippen molar-refractivity contribution < 1.29 is 9.59 Å². The van der Waals surface area contributed by atoms with Crippen LogP contribution >= 0.6 is 0 Å². The molecule has 0 unspecified atom stereocenters. The molecule has 0 saturated carbocycles. The van der Waals surface area contributed by atoms with Gasteiger partial charge in [-0.1, -0.05) is 19.1 Å². The quantitative estimate of drug-likeness (QED) is 0.591. The van der Waals surface area contributed by atoms with Crippen molar-refractivity contribution in [1.82, 2.24) is 15.0 Å². The smallest absolute Gasteiger partial charge is 0.272 e. The van der Waals surface area contributed by atoms with Crippen molar-refractivity contribution in [2.24, 2.45) is 0 Å². The minimum Gasteiger partial charge on any atom is -0.354 e. The minimum atomic E-state index is -0.324. The maximum absolute atomic E-state index is 12.8. The maximum atomic E-state index is 12.8. The van der Waals surface area contributed by atoms with Crippen molar-refractivity contribution in [3.63, 3.8) is 0 Å². The number of carbonyl (C=O) groups is 2. The Hall–Kier alpha value is -3.48. The van der Waals surface area contributed by atoms with E-state index >= 15 is 0 Å². The summed E-state index contributed by atoms with van der Waals surface area (Å²) in [5, 5.41) is 2.85. The number of Topliss-reactive ketones (excluding diaryl/α,β-unsaturated/α-hetero) is 1. The topological polar surface area (TPSA) is 108 Å². The van der Waals surface area contributed by atoms with Crippen molar-refractivity contribution in [1.29, 1.82) is 0 Å². The number of aromatic nitrogens is 3. The molecule has 0 bridgehead atoms. The summed E-state index contributed by atoms with van der Waals surface area (Å²) in [6.45, 7) is 6.94. The second-order valence-electron chi connectivity index (χ2n) is 6.66. The number of carbonyl (C=O) groups excluding carboxylic acids is 2. The first-order valence-electron chi connectivity index (χ1n) is 9.02. The molecule has 1 amide bonds. The Bertz CT molecular complexity index is 1120. The minimum absolute atomic E-state index is 0.0684.